The molecule has 0 amide bonds. The van der Waals surface area contributed by atoms with Crippen molar-refractivity contribution in [3.8, 4) is 0 Å². The van der Waals surface area contributed by atoms with Gasteiger partial charge in [0, 0.05) is 0 Å². The highest BCUT2D eigenvalue weighted by molar-refractivity contribution is 5.92. The minimum Gasteiger partial charge on any atom is -0.469 e. The minimum absolute atomic E-state index is 0.128. The third-order valence-electron chi connectivity index (χ3n) is 3.46. The van der Waals surface area contributed by atoms with Gasteiger partial charge in [0.1, 0.15) is 5.54 Å². The second-order valence-corrected chi connectivity index (χ2v) is 4.39. The Bertz CT molecular complexity index is 483. The number of Topliss-reactive ketones (excluding diaryl/α,β-unsaturated/α-hetero) is 1. The van der Waals surface area contributed by atoms with Gasteiger partial charge in [0.25, 0.3) is 0 Å². The molecule has 0 saturated heterocycles. The highest BCUT2D eigenvalue weighted by atomic mass is 16.5. The molecule has 0 aliphatic heterocycles. The molecule has 2 atom stereocenters. The van der Waals surface area contributed by atoms with Gasteiger partial charge in [-0.15, -0.1) is 0 Å². The third-order valence-corrected chi connectivity index (χ3v) is 3.46. The van der Waals surface area contributed by atoms with E-state index in [1.807, 2.05) is 18.2 Å². The summed E-state index contributed by atoms with van der Waals surface area (Å²) in [6, 6.07) is 7.29. The van der Waals surface area contributed by atoms with Gasteiger partial charge in [-0.3, -0.25) is 9.59 Å². The van der Waals surface area contributed by atoms with Gasteiger partial charge in [-0.25, -0.2) is 0 Å². The zero-order chi connectivity index (χ0) is 12.6. The largest absolute Gasteiger partial charge is 0.469 e. The number of rotatable bonds is 2. The van der Waals surface area contributed by atoms with Crippen LogP contribution in [0.3, 0.4) is 0 Å². The van der Waals surface area contributed by atoms with E-state index in [0.29, 0.717) is 0 Å². The van der Waals surface area contributed by atoms with E-state index in [9.17, 15) is 9.59 Å². The van der Waals surface area contributed by atoms with Crippen LogP contribution in [0.15, 0.2) is 24.3 Å². The monoisotopic (exact) mass is 233 g/mol. The van der Waals surface area contributed by atoms with Gasteiger partial charge in [-0.2, -0.15) is 0 Å². The van der Waals surface area contributed by atoms with Crippen LogP contribution in [0.5, 0.6) is 0 Å². The molecule has 90 valence electrons. The van der Waals surface area contributed by atoms with Crippen molar-refractivity contribution >= 4 is 11.8 Å². The van der Waals surface area contributed by atoms with Crippen molar-refractivity contribution in [2.75, 3.05) is 7.11 Å². The van der Waals surface area contributed by atoms with Gasteiger partial charge in [0.15, 0.2) is 5.78 Å². The zero-order valence-electron chi connectivity index (χ0n) is 9.90. The molecule has 17 heavy (non-hydrogen) atoms. The number of nitrogens with two attached hydrogens (primary N) is 1. The van der Waals surface area contributed by atoms with Crippen molar-refractivity contribution in [3.63, 3.8) is 0 Å². The first-order valence-corrected chi connectivity index (χ1v) is 5.48. The number of benzene rings is 1. The smallest absolute Gasteiger partial charge is 0.313 e. The Morgan fingerprint density at radius 1 is 1.41 bits per heavy atom. The molecular formula is C13H15NO3. The maximum absolute atomic E-state index is 11.7. The van der Waals surface area contributed by atoms with Gasteiger partial charge in [0.05, 0.1) is 13.0 Å². The molecule has 0 heterocycles. The molecule has 1 aromatic carbocycles. The van der Waals surface area contributed by atoms with E-state index in [0.717, 1.165) is 11.1 Å². The number of methoxy groups -OCH3 is 1. The summed E-state index contributed by atoms with van der Waals surface area (Å²) in [5.41, 5.74) is 6.62. The van der Waals surface area contributed by atoms with Crippen LogP contribution in [-0.4, -0.2) is 18.9 Å². The Balaban J connectivity index is 2.54. The molecule has 0 bridgehead atoms. The SMILES string of the molecule is COC(=O)C1CC(N)(C(C)=O)c2ccccc21. The Kier molecular flexibility index (Phi) is 2.75. The van der Waals surface area contributed by atoms with E-state index >= 15 is 0 Å². The van der Waals surface area contributed by atoms with Crippen LogP contribution in [0, 0.1) is 0 Å². The van der Waals surface area contributed by atoms with Crippen LogP contribution in [0.1, 0.15) is 30.4 Å². The minimum atomic E-state index is -1.06. The Morgan fingerprint density at radius 3 is 2.65 bits per heavy atom. The number of ketones is 1. The average molecular weight is 233 g/mol. The summed E-state index contributed by atoms with van der Waals surface area (Å²) in [6.45, 7) is 1.45. The molecule has 2 rings (SSSR count). The van der Waals surface area contributed by atoms with Crippen LogP contribution in [0.4, 0.5) is 0 Å². The fourth-order valence-electron chi connectivity index (χ4n) is 2.43. The first-order chi connectivity index (χ1) is 8.00. The van der Waals surface area contributed by atoms with Gasteiger partial charge in [0.2, 0.25) is 0 Å². The molecule has 1 aliphatic rings. The first kappa shape index (κ1) is 11.8. The number of fused-ring (bicyclic) bond motifs is 1. The van der Waals surface area contributed by atoms with E-state index in [1.54, 1.807) is 6.07 Å². The summed E-state index contributed by atoms with van der Waals surface area (Å²) in [5, 5.41) is 0. The molecule has 4 heteroatoms. The van der Waals surface area contributed by atoms with Crippen molar-refractivity contribution in [3.05, 3.63) is 35.4 Å². The number of esters is 1. The molecule has 1 aromatic rings. The van der Waals surface area contributed by atoms with E-state index in [4.69, 9.17) is 10.5 Å². The summed E-state index contributed by atoms with van der Waals surface area (Å²) >= 11 is 0. The standard InChI is InChI=1S/C13H15NO3/c1-8(15)13(14)7-10(12(16)17-2)9-5-3-4-6-11(9)13/h3-6,10H,7,14H2,1-2H3. The predicted molar refractivity (Wildman–Crippen MR) is 62.4 cm³/mol. The third kappa shape index (κ3) is 1.65. The molecule has 0 radical (unpaired) electrons. The summed E-state index contributed by atoms with van der Waals surface area (Å²) in [7, 11) is 1.34. The summed E-state index contributed by atoms with van der Waals surface area (Å²) in [5.74, 6) is -0.910. The fourth-order valence-corrected chi connectivity index (χ4v) is 2.43. The predicted octanol–water partition coefficient (Wildman–Crippen LogP) is 1.09. The molecule has 4 nitrogen and oxygen atoms in total. The Hall–Kier alpha value is -1.68. The molecule has 0 spiro atoms. The van der Waals surface area contributed by atoms with Gasteiger partial charge in [-0.1, -0.05) is 24.3 Å². The number of hydrogen-bond donors (Lipinski definition) is 1. The topological polar surface area (TPSA) is 69.4 Å². The lowest BCUT2D eigenvalue weighted by molar-refractivity contribution is -0.142. The van der Waals surface area contributed by atoms with Crippen LogP contribution in [0.2, 0.25) is 0 Å². The van der Waals surface area contributed by atoms with E-state index in [-0.39, 0.29) is 18.2 Å². The first-order valence-electron chi connectivity index (χ1n) is 5.48. The summed E-state index contributed by atoms with van der Waals surface area (Å²) in [6.07, 6.45) is 0.286. The lowest BCUT2D eigenvalue weighted by Crippen LogP contribution is -2.41. The lowest BCUT2D eigenvalue weighted by atomic mass is 9.89. The van der Waals surface area contributed by atoms with Crippen molar-refractivity contribution in [2.45, 2.75) is 24.8 Å². The summed E-state index contributed by atoms with van der Waals surface area (Å²) in [4.78, 5) is 23.4. The number of carbonyl (C=O) groups excluding carboxylic acids is 2. The molecule has 0 fully saturated rings. The molecule has 1 aliphatic carbocycles. The van der Waals surface area contributed by atoms with Crippen molar-refractivity contribution in [1.82, 2.24) is 0 Å². The highest BCUT2D eigenvalue weighted by Gasteiger charge is 2.47. The zero-order valence-corrected chi connectivity index (χ0v) is 9.90. The molecule has 2 unspecified atom stereocenters. The van der Waals surface area contributed by atoms with Gasteiger partial charge >= 0.3 is 5.97 Å². The van der Waals surface area contributed by atoms with E-state index in [1.165, 1.54) is 14.0 Å². The Labute approximate surface area is 99.8 Å². The van der Waals surface area contributed by atoms with Crippen molar-refractivity contribution in [2.24, 2.45) is 5.73 Å². The molecule has 0 aromatic heterocycles. The number of carbonyl (C=O) groups is 2. The van der Waals surface area contributed by atoms with E-state index in [2.05, 4.69) is 0 Å². The Morgan fingerprint density at radius 2 is 2.06 bits per heavy atom. The van der Waals surface area contributed by atoms with Crippen LogP contribution in [0.25, 0.3) is 0 Å². The number of hydrogen-bond acceptors (Lipinski definition) is 4. The molecule has 2 N–H and O–H groups in total. The average Bonchev–Trinajstić information content (AvgIpc) is 2.64. The normalized spacial score (nSPS) is 26.4. The maximum Gasteiger partial charge on any atom is 0.313 e. The van der Waals surface area contributed by atoms with Crippen LogP contribution >= 0.6 is 0 Å². The quantitative estimate of drug-likeness (QED) is 0.776. The summed E-state index contributed by atoms with van der Waals surface area (Å²) < 4.78 is 4.76. The van der Waals surface area contributed by atoms with Crippen LogP contribution in [-0.2, 0) is 19.9 Å². The van der Waals surface area contributed by atoms with Gasteiger partial charge < -0.3 is 10.5 Å². The lowest BCUT2D eigenvalue weighted by Gasteiger charge is -2.21. The number of ether oxygens (including phenoxy) is 1. The molecular weight excluding hydrogens is 218 g/mol. The maximum atomic E-state index is 11.7. The molecule has 0 saturated carbocycles. The highest BCUT2D eigenvalue weighted by Crippen LogP contribution is 2.43. The van der Waals surface area contributed by atoms with Crippen molar-refractivity contribution in [1.29, 1.82) is 0 Å². The van der Waals surface area contributed by atoms with E-state index < -0.39 is 11.5 Å². The van der Waals surface area contributed by atoms with Crippen molar-refractivity contribution < 1.29 is 14.3 Å². The second-order valence-electron chi connectivity index (χ2n) is 4.39. The second kappa shape index (κ2) is 3.96. The van der Waals surface area contributed by atoms with Crippen LogP contribution < -0.4 is 5.73 Å². The fraction of sp³-hybridized carbons (Fsp3) is 0.385. The van der Waals surface area contributed by atoms with Gasteiger partial charge in [-0.05, 0) is 24.5 Å².